The van der Waals surface area contributed by atoms with Crippen LogP contribution in [0.3, 0.4) is 0 Å². The minimum absolute atomic E-state index is 0.0358. The van der Waals surface area contributed by atoms with Gasteiger partial charge in [0.15, 0.2) is 0 Å². The van der Waals surface area contributed by atoms with E-state index in [0.717, 1.165) is 15.9 Å². The number of aromatic nitrogens is 1. The molecule has 0 unspecified atom stereocenters. The first-order valence-electron chi connectivity index (χ1n) is 7.45. The van der Waals surface area contributed by atoms with Crippen molar-refractivity contribution < 1.29 is 9.76 Å². The summed E-state index contributed by atoms with van der Waals surface area (Å²) in [5.74, 6) is 0. The summed E-state index contributed by atoms with van der Waals surface area (Å²) in [6, 6.07) is 18.0. The van der Waals surface area contributed by atoms with E-state index < -0.39 is 4.92 Å². The Bertz CT molecular complexity index is 921. The fourth-order valence-corrected chi connectivity index (χ4v) is 2.71. The first kappa shape index (κ1) is 16.9. The number of oxime groups is 1. The zero-order valence-electron chi connectivity index (χ0n) is 13.1. The van der Waals surface area contributed by atoms with Crippen molar-refractivity contribution in [1.29, 1.82) is 0 Å². The monoisotopic (exact) mass is 399 g/mol. The van der Waals surface area contributed by atoms with Gasteiger partial charge in [0.2, 0.25) is 0 Å². The van der Waals surface area contributed by atoms with Crippen LogP contribution in [-0.2, 0) is 11.4 Å². The highest BCUT2D eigenvalue weighted by molar-refractivity contribution is 9.10. The van der Waals surface area contributed by atoms with Gasteiger partial charge in [-0.2, -0.15) is 0 Å². The average molecular weight is 400 g/mol. The molecule has 3 aromatic rings. The number of nitro groups is 1. The van der Waals surface area contributed by atoms with Crippen LogP contribution in [0.5, 0.6) is 0 Å². The van der Waals surface area contributed by atoms with Gasteiger partial charge in [0, 0.05) is 28.5 Å². The Morgan fingerprint density at radius 3 is 2.80 bits per heavy atom. The van der Waals surface area contributed by atoms with Gasteiger partial charge < -0.3 is 9.40 Å². The Morgan fingerprint density at radius 1 is 1.16 bits per heavy atom. The van der Waals surface area contributed by atoms with E-state index in [1.54, 1.807) is 18.3 Å². The lowest BCUT2D eigenvalue weighted by Gasteiger charge is -2.06. The second kappa shape index (κ2) is 7.76. The van der Waals surface area contributed by atoms with Crippen LogP contribution >= 0.6 is 15.9 Å². The maximum Gasteiger partial charge on any atom is 0.269 e. The van der Waals surface area contributed by atoms with Gasteiger partial charge in [-0.25, -0.2) is 0 Å². The highest BCUT2D eigenvalue weighted by Gasteiger charge is 2.06. The number of nitrogens with zero attached hydrogens (tertiary/aromatic N) is 3. The molecule has 0 atom stereocenters. The van der Waals surface area contributed by atoms with Gasteiger partial charge in [-0.1, -0.05) is 39.3 Å². The maximum atomic E-state index is 10.8. The van der Waals surface area contributed by atoms with E-state index in [4.69, 9.17) is 4.84 Å². The van der Waals surface area contributed by atoms with Crippen LogP contribution in [-0.4, -0.2) is 15.7 Å². The van der Waals surface area contributed by atoms with Crippen LogP contribution in [0.2, 0.25) is 0 Å². The summed E-state index contributed by atoms with van der Waals surface area (Å²) in [5, 5.41) is 14.7. The minimum Gasteiger partial charge on any atom is -0.391 e. The maximum absolute atomic E-state index is 10.8. The predicted molar refractivity (Wildman–Crippen MR) is 98.9 cm³/mol. The second-order valence-electron chi connectivity index (χ2n) is 5.22. The van der Waals surface area contributed by atoms with Crippen molar-refractivity contribution in [1.82, 2.24) is 4.57 Å². The van der Waals surface area contributed by atoms with Crippen LogP contribution in [0.4, 0.5) is 5.69 Å². The first-order valence-corrected chi connectivity index (χ1v) is 8.25. The summed E-state index contributed by atoms with van der Waals surface area (Å²) >= 11 is 3.46. The van der Waals surface area contributed by atoms with Gasteiger partial charge in [0.1, 0.15) is 6.61 Å². The normalized spacial score (nSPS) is 10.9. The van der Waals surface area contributed by atoms with Crippen LogP contribution in [0.15, 0.2) is 76.5 Å². The van der Waals surface area contributed by atoms with Crippen molar-refractivity contribution in [3.05, 3.63) is 92.7 Å². The zero-order chi connectivity index (χ0) is 17.6. The molecule has 0 N–H and O–H groups in total. The summed E-state index contributed by atoms with van der Waals surface area (Å²) in [7, 11) is 0. The molecule has 0 saturated heterocycles. The number of halogens is 1. The molecule has 1 aromatic heterocycles. The Balaban J connectivity index is 1.67. The molecular formula is C18H14BrN3O3. The molecular weight excluding hydrogens is 386 g/mol. The van der Waals surface area contributed by atoms with Crippen molar-refractivity contribution in [2.75, 3.05) is 0 Å². The Labute approximate surface area is 152 Å². The molecule has 0 aliphatic heterocycles. The molecule has 3 rings (SSSR count). The molecule has 7 heteroatoms. The SMILES string of the molecule is O=[N+]([O-])c1cccc(CO/N=C\c2cccn2-c2cccc(Br)c2)c1. The van der Waals surface area contributed by atoms with E-state index in [9.17, 15) is 10.1 Å². The lowest BCUT2D eigenvalue weighted by atomic mass is 10.2. The van der Waals surface area contributed by atoms with E-state index in [1.807, 2.05) is 47.2 Å². The third-order valence-electron chi connectivity index (χ3n) is 3.48. The summed E-state index contributed by atoms with van der Waals surface area (Å²) in [6.07, 6.45) is 3.54. The molecule has 0 aliphatic rings. The standard InChI is InChI=1S/C18H14BrN3O3/c19-15-5-2-6-16(11-15)21-9-3-8-18(21)12-20-25-13-14-4-1-7-17(10-14)22(23)24/h1-12H,13H2/b20-12-. The van der Waals surface area contributed by atoms with Crippen LogP contribution in [0.25, 0.3) is 5.69 Å². The number of non-ortho nitro benzene ring substituents is 1. The number of rotatable bonds is 6. The summed E-state index contributed by atoms with van der Waals surface area (Å²) in [6.45, 7) is 0.162. The quantitative estimate of drug-likeness (QED) is 0.342. The molecule has 0 amide bonds. The number of benzene rings is 2. The van der Waals surface area contributed by atoms with Gasteiger partial charge in [-0.3, -0.25) is 10.1 Å². The fraction of sp³-hybridized carbons (Fsp3) is 0.0556. The van der Waals surface area contributed by atoms with Crippen molar-refractivity contribution >= 4 is 27.8 Å². The second-order valence-corrected chi connectivity index (χ2v) is 6.13. The predicted octanol–water partition coefficient (Wildman–Crippen LogP) is 4.70. The Hall–Kier alpha value is -2.93. The highest BCUT2D eigenvalue weighted by atomic mass is 79.9. The van der Waals surface area contributed by atoms with Crippen LogP contribution in [0.1, 0.15) is 11.3 Å². The first-order chi connectivity index (χ1) is 12.1. The molecule has 126 valence electrons. The van der Waals surface area contributed by atoms with Gasteiger partial charge in [-0.15, -0.1) is 0 Å². The van der Waals surface area contributed by atoms with Crippen LogP contribution in [0, 0.1) is 10.1 Å². The van der Waals surface area contributed by atoms with Crippen molar-refractivity contribution in [2.24, 2.45) is 5.16 Å². The highest BCUT2D eigenvalue weighted by Crippen LogP contribution is 2.17. The molecule has 6 nitrogen and oxygen atoms in total. The third kappa shape index (κ3) is 4.33. The summed E-state index contributed by atoms with van der Waals surface area (Å²) in [4.78, 5) is 15.6. The summed E-state index contributed by atoms with van der Waals surface area (Å²) in [5.41, 5.74) is 2.58. The molecule has 25 heavy (non-hydrogen) atoms. The molecule has 0 saturated carbocycles. The third-order valence-corrected chi connectivity index (χ3v) is 3.97. The van der Waals surface area contributed by atoms with Gasteiger partial charge in [0.25, 0.3) is 5.69 Å². The molecule has 0 bridgehead atoms. The number of nitro benzene ring substituents is 1. The Morgan fingerprint density at radius 2 is 2.00 bits per heavy atom. The molecule has 0 spiro atoms. The van der Waals surface area contributed by atoms with E-state index in [2.05, 4.69) is 21.1 Å². The van der Waals surface area contributed by atoms with Gasteiger partial charge in [0.05, 0.1) is 16.8 Å². The fourth-order valence-electron chi connectivity index (χ4n) is 2.32. The van der Waals surface area contributed by atoms with E-state index >= 15 is 0 Å². The Kier molecular flexibility index (Phi) is 5.25. The van der Waals surface area contributed by atoms with Crippen molar-refractivity contribution in [3.63, 3.8) is 0 Å². The zero-order valence-corrected chi connectivity index (χ0v) is 14.7. The van der Waals surface area contributed by atoms with Crippen molar-refractivity contribution in [3.8, 4) is 5.69 Å². The molecule has 0 radical (unpaired) electrons. The molecule has 0 fully saturated rings. The molecule has 2 aromatic carbocycles. The lowest BCUT2D eigenvalue weighted by molar-refractivity contribution is -0.384. The van der Waals surface area contributed by atoms with Gasteiger partial charge in [-0.05, 0) is 35.9 Å². The topological polar surface area (TPSA) is 69.7 Å². The lowest BCUT2D eigenvalue weighted by Crippen LogP contribution is -1.98. The minimum atomic E-state index is -0.433. The smallest absolute Gasteiger partial charge is 0.269 e. The number of hydrogen-bond acceptors (Lipinski definition) is 4. The molecule has 0 aliphatic carbocycles. The van der Waals surface area contributed by atoms with E-state index in [1.165, 1.54) is 12.1 Å². The van der Waals surface area contributed by atoms with Crippen LogP contribution < -0.4 is 0 Å². The number of hydrogen-bond donors (Lipinski definition) is 0. The van der Waals surface area contributed by atoms with E-state index in [0.29, 0.717) is 5.56 Å². The van der Waals surface area contributed by atoms with E-state index in [-0.39, 0.29) is 12.3 Å². The van der Waals surface area contributed by atoms with Crippen molar-refractivity contribution in [2.45, 2.75) is 6.61 Å². The average Bonchev–Trinajstić information content (AvgIpc) is 3.07. The summed E-state index contributed by atoms with van der Waals surface area (Å²) < 4.78 is 2.97. The largest absolute Gasteiger partial charge is 0.391 e. The molecule has 1 heterocycles. The van der Waals surface area contributed by atoms with Gasteiger partial charge >= 0.3 is 0 Å².